The van der Waals surface area contributed by atoms with Gasteiger partial charge in [-0.2, -0.15) is 0 Å². The number of H-pyrrole nitrogens is 1. The molecule has 7 nitrogen and oxygen atoms in total. The van der Waals surface area contributed by atoms with Crippen LogP contribution in [0.3, 0.4) is 0 Å². The highest BCUT2D eigenvalue weighted by Gasteiger charge is 2.19. The number of rotatable bonds is 7. The number of aryl methyl sites for hydroxylation is 1. The van der Waals surface area contributed by atoms with E-state index in [9.17, 15) is 9.90 Å². The molecule has 0 unspecified atom stereocenters. The average Bonchev–Trinajstić information content (AvgIpc) is 3.25. The lowest BCUT2D eigenvalue weighted by atomic mass is 10.2. The Bertz CT molecular complexity index is 812. The summed E-state index contributed by atoms with van der Waals surface area (Å²) in [5, 5.41) is 9.23. The number of aromatic amines is 1. The van der Waals surface area contributed by atoms with Crippen molar-refractivity contribution < 1.29 is 14.3 Å². The molecule has 0 radical (unpaired) electrons. The Hall–Kier alpha value is -2.93. The summed E-state index contributed by atoms with van der Waals surface area (Å²) in [7, 11) is 0. The van der Waals surface area contributed by atoms with Gasteiger partial charge in [0.25, 0.3) is 0 Å². The molecule has 0 saturated carbocycles. The number of imidazole rings is 1. The Morgan fingerprint density at radius 2 is 2.12 bits per heavy atom. The van der Waals surface area contributed by atoms with Gasteiger partial charge in [-0.05, 0) is 19.1 Å². The minimum Gasteiger partial charge on any atom is -0.441 e. The minimum absolute atomic E-state index is 0.112. The quantitative estimate of drug-likeness (QED) is 0.685. The van der Waals surface area contributed by atoms with Crippen LogP contribution in [0.15, 0.2) is 47.1 Å². The first-order valence-electron chi connectivity index (χ1n) is 8.06. The van der Waals surface area contributed by atoms with E-state index in [4.69, 9.17) is 4.42 Å². The van der Waals surface area contributed by atoms with Gasteiger partial charge in [-0.15, -0.1) is 0 Å². The highest BCUT2D eigenvalue weighted by atomic mass is 16.4. The van der Waals surface area contributed by atoms with Gasteiger partial charge in [0.05, 0.1) is 25.3 Å². The molecule has 2 N–H and O–H groups in total. The number of aliphatic hydroxyl groups excluding tert-OH is 1. The van der Waals surface area contributed by atoms with Crippen molar-refractivity contribution >= 4 is 5.91 Å². The zero-order chi connectivity index (χ0) is 17.6. The van der Waals surface area contributed by atoms with Gasteiger partial charge >= 0.3 is 0 Å². The van der Waals surface area contributed by atoms with Crippen molar-refractivity contribution in [3.63, 3.8) is 0 Å². The molecule has 0 saturated heterocycles. The van der Waals surface area contributed by atoms with Crippen LogP contribution in [0.5, 0.6) is 0 Å². The van der Waals surface area contributed by atoms with Gasteiger partial charge in [0, 0.05) is 24.5 Å². The predicted molar refractivity (Wildman–Crippen MR) is 91.5 cm³/mol. The number of carbonyl (C=O) groups excluding carboxylic acids is 1. The molecular formula is C18H20N4O3. The van der Waals surface area contributed by atoms with Crippen molar-refractivity contribution in [2.24, 2.45) is 0 Å². The van der Waals surface area contributed by atoms with Crippen molar-refractivity contribution in [2.45, 2.75) is 19.9 Å². The second-order valence-corrected chi connectivity index (χ2v) is 5.64. The van der Waals surface area contributed by atoms with Crippen LogP contribution in [0, 0.1) is 6.92 Å². The third-order valence-corrected chi connectivity index (χ3v) is 3.85. The maximum absolute atomic E-state index is 12.6. The van der Waals surface area contributed by atoms with E-state index >= 15 is 0 Å². The molecule has 1 amide bonds. The molecule has 3 rings (SSSR count). The summed E-state index contributed by atoms with van der Waals surface area (Å²) in [5.74, 6) is 1.65. The first-order chi connectivity index (χ1) is 12.2. The number of aliphatic hydroxyl groups is 1. The van der Waals surface area contributed by atoms with Gasteiger partial charge in [0.2, 0.25) is 11.8 Å². The molecule has 0 atom stereocenters. The third kappa shape index (κ3) is 4.13. The topological polar surface area (TPSA) is 95.2 Å². The number of oxazole rings is 1. The highest BCUT2D eigenvalue weighted by molar-refractivity contribution is 5.78. The highest BCUT2D eigenvalue weighted by Crippen LogP contribution is 2.22. The maximum atomic E-state index is 12.6. The Morgan fingerprint density at radius 3 is 2.80 bits per heavy atom. The van der Waals surface area contributed by atoms with Crippen molar-refractivity contribution in [1.82, 2.24) is 19.9 Å². The second-order valence-electron chi connectivity index (χ2n) is 5.64. The normalized spacial score (nSPS) is 10.8. The fraction of sp³-hybridized carbons (Fsp3) is 0.278. The van der Waals surface area contributed by atoms with Gasteiger partial charge in [-0.1, -0.05) is 18.2 Å². The zero-order valence-corrected chi connectivity index (χ0v) is 14.0. The number of aromatic nitrogens is 3. The number of hydrogen-bond donors (Lipinski definition) is 2. The Morgan fingerprint density at radius 1 is 1.32 bits per heavy atom. The molecule has 3 aromatic rings. The van der Waals surface area contributed by atoms with Crippen molar-refractivity contribution in [2.75, 3.05) is 13.2 Å². The van der Waals surface area contributed by atoms with Crippen LogP contribution >= 0.6 is 0 Å². The Kier molecular flexibility index (Phi) is 5.25. The third-order valence-electron chi connectivity index (χ3n) is 3.85. The maximum Gasteiger partial charge on any atom is 0.229 e. The summed E-state index contributed by atoms with van der Waals surface area (Å²) in [4.78, 5) is 25.7. The molecule has 0 aliphatic rings. The summed E-state index contributed by atoms with van der Waals surface area (Å²) in [6.45, 7) is 2.24. The number of nitrogens with zero attached hydrogens (tertiary/aromatic N) is 3. The summed E-state index contributed by atoms with van der Waals surface area (Å²) in [5.41, 5.74) is 1.47. The Labute approximate surface area is 145 Å². The number of hydrogen-bond acceptors (Lipinski definition) is 5. The van der Waals surface area contributed by atoms with E-state index in [0.29, 0.717) is 29.7 Å². The molecule has 2 aromatic heterocycles. The first kappa shape index (κ1) is 16.9. The van der Waals surface area contributed by atoms with Gasteiger partial charge in [-0.25, -0.2) is 9.97 Å². The van der Waals surface area contributed by atoms with Crippen LogP contribution in [0.2, 0.25) is 0 Å². The summed E-state index contributed by atoms with van der Waals surface area (Å²) >= 11 is 0. The summed E-state index contributed by atoms with van der Waals surface area (Å²) < 4.78 is 5.70. The van der Waals surface area contributed by atoms with Crippen LogP contribution in [-0.4, -0.2) is 44.0 Å². The fourth-order valence-corrected chi connectivity index (χ4v) is 2.53. The molecule has 25 heavy (non-hydrogen) atoms. The van der Waals surface area contributed by atoms with E-state index in [1.807, 2.05) is 30.3 Å². The van der Waals surface area contributed by atoms with E-state index < -0.39 is 0 Å². The lowest BCUT2D eigenvalue weighted by Crippen LogP contribution is -2.34. The zero-order valence-electron chi connectivity index (χ0n) is 14.0. The number of amides is 1. The smallest absolute Gasteiger partial charge is 0.229 e. The molecule has 0 fully saturated rings. The molecule has 130 valence electrons. The number of carbonyl (C=O) groups is 1. The average molecular weight is 340 g/mol. The largest absolute Gasteiger partial charge is 0.441 e. The van der Waals surface area contributed by atoms with E-state index in [1.54, 1.807) is 24.2 Å². The van der Waals surface area contributed by atoms with Crippen molar-refractivity contribution in [1.29, 1.82) is 0 Å². The van der Waals surface area contributed by atoms with Crippen LogP contribution in [0.4, 0.5) is 0 Å². The van der Waals surface area contributed by atoms with Crippen molar-refractivity contribution in [3.8, 4) is 11.5 Å². The molecule has 7 heteroatoms. The molecule has 0 spiro atoms. The van der Waals surface area contributed by atoms with E-state index in [2.05, 4.69) is 15.0 Å². The minimum atomic E-state index is -0.138. The predicted octanol–water partition coefficient (Wildman–Crippen LogP) is 1.94. The van der Waals surface area contributed by atoms with Crippen LogP contribution < -0.4 is 0 Å². The lowest BCUT2D eigenvalue weighted by Gasteiger charge is -2.20. The van der Waals surface area contributed by atoms with Crippen LogP contribution in [0.25, 0.3) is 11.5 Å². The van der Waals surface area contributed by atoms with Gasteiger partial charge in [-0.3, -0.25) is 4.79 Å². The number of benzene rings is 1. The Balaban J connectivity index is 1.73. The van der Waals surface area contributed by atoms with E-state index in [1.165, 1.54) is 0 Å². The first-order valence-corrected chi connectivity index (χ1v) is 8.06. The summed E-state index contributed by atoms with van der Waals surface area (Å²) in [6, 6.07) is 9.56. The lowest BCUT2D eigenvalue weighted by molar-refractivity contribution is -0.131. The van der Waals surface area contributed by atoms with Crippen molar-refractivity contribution in [3.05, 3.63) is 60.0 Å². The molecule has 2 heterocycles. The molecule has 0 aliphatic carbocycles. The van der Waals surface area contributed by atoms with Gasteiger partial charge in [0.1, 0.15) is 11.6 Å². The second kappa shape index (κ2) is 7.76. The van der Waals surface area contributed by atoms with Gasteiger partial charge in [0.15, 0.2) is 0 Å². The van der Waals surface area contributed by atoms with Gasteiger partial charge < -0.3 is 19.4 Å². The molecular weight excluding hydrogens is 320 g/mol. The standard InChI is InChI=1S/C18H20N4O3/c1-13-15(21-18(25-13)14-5-3-2-4-6-14)11-17(24)22(9-10-23)12-16-19-7-8-20-16/h2-8,23H,9-12H2,1H3,(H,19,20). The summed E-state index contributed by atoms with van der Waals surface area (Å²) in [6.07, 6.45) is 3.44. The monoisotopic (exact) mass is 340 g/mol. The fourth-order valence-electron chi connectivity index (χ4n) is 2.53. The van der Waals surface area contributed by atoms with Crippen LogP contribution in [0.1, 0.15) is 17.3 Å². The molecule has 1 aromatic carbocycles. The van der Waals surface area contributed by atoms with E-state index in [0.717, 1.165) is 5.56 Å². The number of nitrogens with one attached hydrogen (secondary N) is 1. The molecule has 0 aliphatic heterocycles. The van der Waals surface area contributed by atoms with Crippen LogP contribution in [-0.2, 0) is 17.8 Å². The molecule has 0 bridgehead atoms. The SMILES string of the molecule is Cc1oc(-c2ccccc2)nc1CC(=O)N(CCO)Cc1ncc[nH]1. The van der Waals surface area contributed by atoms with E-state index in [-0.39, 0.29) is 25.5 Å².